The minimum Gasteiger partial charge on any atom is -0.408 e. The molecule has 96 valence electrons. The Morgan fingerprint density at radius 1 is 1.21 bits per heavy atom. The molecule has 1 aromatic heterocycles. The average Bonchev–Trinajstić information content (AvgIpc) is 2.77. The van der Waals surface area contributed by atoms with Crippen molar-refractivity contribution in [3.8, 4) is 0 Å². The molecule has 5 heteroatoms. The number of aromatic nitrogens is 1. The summed E-state index contributed by atoms with van der Waals surface area (Å²) < 4.78 is 4.98. The summed E-state index contributed by atoms with van der Waals surface area (Å²) in [5.74, 6) is -0.478. The first-order valence-electron chi connectivity index (χ1n) is 5.86. The lowest BCUT2D eigenvalue weighted by Gasteiger charge is -2.21. The molecule has 0 bridgehead atoms. The second-order valence-electron chi connectivity index (χ2n) is 4.32. The zero-order chi connectivity index (χ0) is 13.4. The molecule has 0 aliphatic rings. The van der Waals surface area contributed by atoms with Crippen LogP contribution in [0.5, 0.6) is 0 Å². The maximum atomic E-state index is 11.2. The third kappa shape index (κ3) is 1.95. The van der Waals surface area contributed by atoms with Crippen LogP contribution in [-0.2, 0) is 0 Å². The van der Waals surface area contributed by atoms with Gasteiger partial charge in [-0.2, -0.15) is 0 Å². The van der Waals surface area contributed by atoms with Gasteiger partial charge in [0.15, 0.2) is 5.58 Å². The van der Waals surface area contributed by atoms with E-state index >= 15 is 0 Å². The topological polar surface area (TPSA) is 75.3 Å². The number of nitrogens with two attached hydrogens (primary N) is 1. The minimum atomic E-state index is -0.478. The molecular weight excluding hydrogens is 242 g/mol. The molecular formula is C14H13N3O2. The fourth-order valence-corrected chi connectivity index (χ4v) is 2.08. The standard InChI is InChI=1S/C14H13N3O2/c1-17(9-5-3-2-4-6-9)12-8-11-13(7-10(12)15)19-14(18)16-11/h2-8H,15H2,1H3,(H,16,18). The third-order valence-corrected chi connectivity index (χ3v) is 3.07. The number of nitrogen functional groups attached to an aromatic ring is 1. The van der Waals surface area contributed by atoms with Gasteiger partial charge in [0.05, 0.1) is 16.9 Å². The van der Waals surface area contributed by atoms with Crippen LogP contribution in [0.2, 0.25) is 0 Å². The first-order chi connectivity index (χ1) is 9.15. The average molecular weight is 255 g/mol. The highest BCUT2D eigenvalue weighted by molar-refractivity contribution is 5.87. The van der Waals surface area contributed by atoms with Crippen LogP contribution >= 0.6 is 0 Å². The summed E-state index contributed by atoms with van der Waals surface area (Å²) >= 11 is 0. The molecule has 0 aliphatic heterocycles. The Bertz CT molecular complexity index is 774. The van der Waals surface area contributed by atoms with Crippen molar-refractivity contribution in [2.45, 2.75) is 0 Å². The Morgan fingerprint density at radius 2 is 1.95 bits per heavy atom. The van der Waals surface area contributed by atoms with E-state index in [9.17, 15) is 4.79 Å². The van der Waals surface area contributed by atoms with Crippen LogP contribution in [0.1, 0.15) is 0 Å². The summed E-state index contributed by atoms with van der Waals surface area (Å²) in [4.78, 5) is 15.8. The van der Waals surface area contributed by atoms with E-state index in [0.29, 0.717) is 16.8 Å². The number of aromatic amines is 1. The van der Waals surface area contributed by atoms with Gasteiger partial charge in [-0.3, -0.25) is 4.98 Å². The summed E-state index contributed by atoms with van der Waals surface area (Å²) in [5.41, 5.74) is 9.50. The van der Waals surface area contributed by atoms with Gasteiger partial charge in [0, 0.05) is 18.8 Å². The molecule has 1 heterocycles. The number of oxazole rings is 1. The smallest absolute Gasteiger partial charge is 0.408 e. The van der Waals surface area contributed by atoms with Crippen LogP contribution < -0.4 is 16.4 Å². The summed E-state index contributed by atoms with van der Waals surface area (Å²) in [6.45, 7) is 0. The zero-order valence-corrected chi connectivity index (χ0v) is 10.4. The number of benzene rings is 2. The number of hydrogen-bond donors (Lipinski definition) is 2. The highest BCUT2D eigenvalue weighted by atomic mass is 16.4. The van der Waals surface area contributed by atoms with E-state index in [4.69, 9.17) is 10.2 Å². The van der Waals surface area contributed by atoms with E-state index in [2.05, 4.69) is 4.98 Å². The van der Waals surface area contributed by atoms with Crippen molar-refractivity contribution >= 4 is 28.2 Å². The first-order valence-corrected chi connectivity index (χ1v) is 5.86. The number of para-hydroxylation sites is 1. The van der Waals surface area contributed by atoms with Crippen LogP contribution in [0.4, 0.5) is 17.1 Å². The number of H-pyrrole nitrogens is 1. The van der Waals surface area contributed by atoms with E-state index in [1.165, 1.54) is 0 Å². The lowest BCUT2D eigenvalue weighted by Crippen LogP contribution is -2.11. The molecule has 0 fully saturated rings. The van der Waals surface area contributed by atoms with Gasteiger partial charge in [0.25, 0.3) is 0 Å². The molecule has 0 atom stereocenters. The van der Waals surface area contributed by atoms with Crippen molar-refractivity contribution in [3.05, 3.63) is 53.0 Å². The molecule has 3 N–H and O–H groups in total. The highest BCUT2D eigenvalue weighted by Crippen LogP contribution is 2.31. The monoisotopic (exact) mass is 255 g/mol. The molecule has 0 aliphatic carbocycles. The van der Waals surface area contributed by atoms with E-state index < -0.39 is 5.76 Å². The van der Waals surface area contributed by atoms with Gasteiger partial charge in [-0.05, 0) is 18.2 Å². The van der Waals surface area contributed by atoms with Crippen molar-refractivity contribution in [3.63, 3.8) is 0 Å². The predicted molar refractivity (Wildman–Crippen MR) is 75.8 cm³/mol. The van der Waals surface area contributed by atoms with Crippen molar-refractivity contribution in [1.29, 1.82) is 0 Å². The maximum Gasteiger partial charge on any atom is 0.417 e. The van der Waals surface area contributed by atoms with Crippen LogP contribution in [0, 0.1) is 0 Å². The Kier molecular flexibility index (Phi) is 2.52. The summed E-state index contributed by atoms with van der Waals surface area (Å²) in [7, 11) is 1.92. The van der Waals surface area contributed by atoms with Gasteiger partial charge in [-0.1, -0.05) is 18.2 Å². The van der Waals surface area contributed by atoms with E-state index in [1.807, 2.05) is 48.3 Å². The third-order valence-electron chi connectivity index (χ3n) is 3.07. The number of anilines is 3. The Balaban J connectivity index is 2.14. The fraction of sp³-hybridized carbons (Fsp3) is 0.0714. The maximum absolute atomic E-state index is 11.2. The molecule has 0 saturated carbocycles. The van der Waals surface area contributed by atoms with Crippen LogP contribution in [0.3, 0.4) is 0 Å². The van der Waals surface area contributed by atoms with Crippen LogP contribution in [0.25, 0.3) is 11.1 Å². The molecule has 0 spiro atoms. The van der Waals surface area contributed by atoms with Gasteiger partial charge >= 0.3 is 5.76 Å². The van der Waals surface area contributed by atoms with Crippen molar-refractivity contribution in [2.75, 3.05) is 17.7 Å². The Labute approximate surface area is 109 Å². The zero-order valence-electron chi connectivity index (χ0n) is 10.4. The predicted octanol–water partition coefficient (Wildman–Crippen LogP) is 2.47. The number of nitrogens with one attached hydrogen (secondary N) is 1. The molecule has 3 aromatic rings. The number of fused-ring (bicyclic) bond motifs is 1. The van der Waals surface area contributed by atoms with Crippen molar-refractivity contribution < 1.29 is 4.42 Å². The van der Waals surface area contributed by atoms with E-state index in [0.717, 1.165) is 11.4 Å². The lowest BCUT2D eigenvalue weighted by atomic mass is 10.2. The van der Waals surface area contributed by atoms with Crippen LogP contribution in [0.15, 0.2) is 51.7 Å². The molecule has 0 radical (unpaired) electrons. The second kappa shape index (κ2) is 4.20. The second-order valence-corrected chi connectivity index (χ2v) is 4.32. The quantitative estimate of drug-likeness (QED) is 0.690. The largest absolute Gasteiger partial charge is 0.417 e. The highest BCUT2D eigenvalue weighted by Gasteiger charge is 2.11. The van der Waals surface area contributed by atoms with Gasteiger partial charge in [-0.25, -0.2) is 4.79 Å². The summed E-state index contributed by atoms with van der Waals surface area (Å²) in [6.07, 6.45) is 0. The van der Waals surface area contributed by atoms with Crippen molar-refractivity contribution in [2.24, 2.45) is 0 Å². The van der Waals surface area contributed by atoms with Crippen molar-refractivity contribution in [1.82, 2.24) is 4.98 Å². The number of nitrogens with zero attached hydrogens (tertiary/aromatic N) is 1. The molecule has 19 heavy (non-hydrogen) atoms. The fourth-order valence-electron chi connectivity index (χ4n) is 2.08. The number of hydrogen-bond acceptors (Lipinski definition) is 4. The van der Waals surface area contributed by atoms with Gasteiger partial charge in [-0.15, -0.1) is 0 Å². The van der Waals surface area contributed by atoms with E-state index in [1.54, 1.807) is 6.07 Å². The SMILES string of the molecule is CN(c1ccccc1)c1cc2[nH]c(=O)oc2cc1N. The number of rotatable bonds is 2. The molecule has 5 nitrogen and oxygen atoms in total. The minimum absolute atomic E-state index is 0.465. The van der Waals surface area contributed by atoms with Gasteiger partial charge in [0.1, 0.15) is 0 Å². The Morgan fingerprint density at radius 3 is 2.68 bits per heavy atom. The molecule has 2 aromatic carbocycles. The first kappa shape index (κ1) is 11.4. The van der Waals surface area contributed by atoms with Gasteiger partial charge in [0.2, 0.25) is 0 Å². The van der Waals surface area contributed by atoms with E-state index in [-0.39, 0.29) is 0 Å². The molecule has 0 saturated heterocycles. The lowest BCUT2D eigenvalue weighted by molar-refractivity contribution is 0.555. The molecule has 0 unspecified atom stereocenters. The normalized spacial score (nSPS) is 10.8. The molecule has 0 amide bonds. The van der Waals surface area contributed by atoms with Crippen LogP contribution in [-0.4, -0.2) is 12.0 Å². The van der Waals surface area contributed by atoms with Gasteiger partial charge < -0.3 is 15.1 Å². The summed E-state index contributed by atoms with van der Waals surface area (Å²) in [6, 6.07) is 13.3. The Hall–Kier alpha value is -2.69. The molecule has 3 rings (SSSR count). The summed E-state index contributed by atoms with van der Waals surface area (Å²) in [5, 5.41) is 0.